The van der Waals surface area contributed by atoms with E-state index in [2.05, 4.69) is 11.8 Å². The molecule has 184 valence electrons. The van der Waals surface area contributed by atoms with Crippen LogP contribution in [0, 0.1) is 11.7 Å². The van der Waals surface area contributed by atoms with Crippen molar-refractivity contribution in [2.45, 2.75) is 44.3 Å². The first kappa shape index (κ1) is 26.3. The van der Waals surface area contributed by atoms with E-state index in [1.165, 1.54) is 23.9 Å². The van der Waals surface area contributed by atoms with Crippen molar-refractivity contribution in [2.75, 3.05) is 25.4 Å². The van der Waals surface area contributed by atoms with Crippen LogP contribution in [0.2, 0.25) is 5.02 Å². The highest BCUT2D eigenvalue weighted by atomic mass is 35.5. The lowest BCUT2D eigenvalue weighted by molar-refractivity contribution is -0.140. The fourth-order valence-electron chi connectivity index (χ4n) is 3.81. The lowest BCUT2D eigenvalue weighted by atomic mass is 10.1. The molecular formula is C25H30ClFN2O4S. The summed E-state index contributed by atoms with van der Waals surface area (Å²) in [7, 11) is 0. The molecule has 1 N–H and O–H groups in total. The minimum absolute atomic E-state index is 0.00299. The number of ether oxygens (including phenoxy) is 1. The first-order valence-electron chi connectivity index (χ1n) is 11.2. The first-order valence-corrected chi connectivity index (χ1v) is 12.6. The Kier molecular flexibility index (Phi) is 9.22. The summed E-state index contributed by atoms with van der Waals surface area (Å²) in [6.45, 7) is 7.60. The van der Waals surface area contributed by atoms with Crippen LogP contribution < -0.4 is 4.74 Å². The molecule has 2 aromatic carbocycles. The van der Waals surface area contributed by atoms with Crippen LogP contribution in [0.25, 0.3) is 0 Å². The number of thioether (sulfide) groups is 1. The molecule has 1 amide bonds. The highest BCUT2D eigenvalue weighted by Gasteiger charge is 2.32. The fraction of sp³-hybridized carbons (Fsp3) is 0.440. The molecular weight excluding hydrogens is 479 g/mol. The van der Waals surface area contributed by atoms with Gasteiger partial charge < -0.3 is 14.7 Å². The first-order chi connectivity index (χ1) is 16.1. The summed E-state index contributed by atoms with van der Waals surface area (Å²) >= 11 is 7.45. The van der Waals surface area contributed by atoms with E-state index in [-0.39, 0.29) is 30.4 Å². The second-order valence-corrected chi connectivity index (χ2v) is 10.2. The van der Waals surface area contributed by atoms with E-state index in [0.29, 0.717) is 41.1 Å². The lowest BCUT2D eigenvalue weighted by Gasteiger charge is -2.44. The molecule has 0 aromatic heterocycles. The summed E-state index contributed by atoms with van der Waals surface area (Å²) in [5.74, 6) is -0.869. The van der Waals surface area contributed by atoms with Crippen LogP contribution in [-0.4, -0.2) is 64.3 Å². The molecule has 0 bridgehead atoms. The Hall–Kier alpha value is -2.29. The third-order valence-corrected chi connectivity index (χ3v) is 7.43. The molecule has 1 fully saturated rings. The molecule has 2 aromatic rings. The lowest BCUT2D eigenvalue weighted by Crippen LogP contribution is -2.58. The van der Waals surface area contributed by atoms with E-state index in [9.17, 15) is 14.0 Å². The number of aliphatic carboxylic acids is 1. The molecule has 6 nitrogen and oxygen atoms in total. The second-order valence-electron chi connectivity index (χ2n) is 8.73. The molecule has 34 heavy (non-hydrogen) atoms. The number of benzene rings is 2. The number of carbonyl (C=O) groups excluding carboxylic acids is 1. The number of hydrogen-bond acceptors (Lipinski definition) is 5. The molecule has 3 rings (SSSR count). The number of rotatable bonds is 9. The Morgan fingerprint density at radius 1 is 1.18 bits per heavy atom. The van der Waals surface area contributed by atoms with Crippen molar-refractivity contribution in [1.82, 2.24) is 9.80 Å². The molecule has 3 atom stereocenters. The zero-order chi connectivity index (χ0) is 24.8. The Labute approximate surface area is 209 Å². The van der Waals surface area contributed by atoms with E-state index in [4.69, 9.17) is 21.4 Å². The zero-order valence-corrected chi connectivity index (χ0v) is 21.1. The van der Waals surface area contributed by atoms with E-state index in [1.54, 1.807) is 37.3 Å². The molecule has 0 radical (unpaired) electrons. The van der Waals surface area contributed by atoms with Crippen molar-refractivity contribution in [3.63, 3.8) is 0 Å². The topological polar surface area (TPSA) is 70.1 Å². The molecule has 1 aliphatic rings. The van der Waals surface area contributed by atoms with Gasteiger partial charge in [-0.25, -0.2) is 4.39 Å². The SMILES string of the molecule is CC(CSc1cc(Cl)ccc1OCC(=O)N1CC(C)N(Cc2ccc(F)cc2)CC1C)C(=O)O. The molecule has 0 spiro atoms. The summed E-state index contributed by atoms with van der Waals surface area (Å²) in [6, 6.07) is 11.8. The summed E-state index contributed by atoms with van der Waals surface area (Å²) in [5.41, 5.74) is 1.04. The summed E-state index contributed by atoms with van der Waals surface area (Å²) in [4.78, 5) is 28.9. The van der Waals surface area contributed by atoms with Gasteiger partial charge in [-0.3, -0.25) is 14.5 Å². The van der Waals surface area contributed by atoms with Gasteiger partial charge in [0.05, 0.1) is 10.8 Å². The molecule has 1 saturated heterocycles. The van der Waals surface area contributed by atoms with Gasteiger partial charge in [0.1, 0.15) is 11.6 Å². The van der Waals surface area contributed by atoms with Gasteiger partial charge in [0, 0.05) is 42.5 Å². The van der Waals surface area contributed by atoms with Crippen molar-refractivity contribution in [2.24, 2.45) is 5.92 Å². The van der Waals surface area contributed by atoms with Gasteiger partial charge in [-0.1, -0.05) is 30.7 Å². The van der Waals surface area contributed by atoms with E-state index >= 15 is 0 Å². The monoisotopic (exact) mass is 508 g/mol. The molecule has 0 aliphatic carbocycles. The number of carbonyl (C=O) groups is 2. The third-order valence-electron chi connectivity index (χ3n) is 5.90. The van der Waals surface area contributed by atoms with Gasteiger partial charge in [-0.15, -0.1) is 11.8 Å². The van der Waals surface area contributed by atoms with Gasteiger partial charge in [0.25, 0.3) is 5.91 Å². The Morgan fingerprint density at radius 3 is 2.56 bits per heavy atom. The number of hydrogen-bond donors (Lipinski definition) is 1. The maximum Gasteiger partial charge on any atom is 0.307 e. The van der Waals surface area contributed by atoms with Crippen molar-refractivity contribution in [3.8, 4) is 5.75 Å². The van der Waals surface area contributed by atoms with Gasteiger partial charge >= 0.3 is 5.97 Å². The standard InChI is InChI=1S/C25H30ClFN2O4S/c1-16(25(31)32)15-34-23-10-20(26)6-9-22(23)33-14-24(30)29-12-17(2)28(11-18(29)3)13-19-4-7-21(27)8-5-19/h4-10,16-18H,11-15H2,1-3H3,(H,31,32). The summed E-state index contributed by atoms with van der Waals surface area (Å²) in [6.07, 6.45) is 0. The predicted molar refractivity (Wildman–Crippen MR) is 132 cm³/mol. The fourth-order valence-corrected chi connectivity index (χ4v) is 5.10. The van der Waals surface area contributed by atoms with E-state index in [0.717, 1.165) is 5.56 Å². The number of carboxylic acids is 1. The van der Waals surface area contributed by atoms with Gasteiger partial charge in [0.15, 0.2) is 6.61 Å². The van der Waals surface area contributed by atoms with Crippen molar-refractivity contribution < 1.29 is 23.8 Å². The minimum atomic E-state index is -0.867. The van der Waals surface area contributed by atoms with Gasteiger partial charge in [0.2, 0.25) is 0 Å². The second kappa shape index (κ2) is 11.9. The van der Waals surface area contributed by atoms with Gasteiger partial charge in [-0.05, 0) is 49.7 Å². The van der Waals surface area contributed by atoms with Crippen molar-refractivity contribution in [3.05, 3.63) is 58.9 Å². The van der Waals surface area contributed by atoms with E-state index < -0.39 is 11.9 Å². The Morgan fingerprint density at radius 2 is 1.88 bits per heavy atom. The predicted octanol–water partition coefficient (Wildman–Crippen LogP) is 4.79. The van der Waals surface area contributed by atoms with Crippen LogP contribution in [0.4, 0.5) is 4.39 Å². The van der Waals surface area contributed by atoms with Gasteiger partial charge in [-0.2, -0.15) is 0 Å². The number of nitrogens with zero attached hydrogens (tertiary/aromatic N) is 2. The third kappa shape index (κ3) is 7.10. The number of halogens is 2. The molecule has 3 unspecified atom stereocenters. The summed E-state index contributed by atoms with van der Waals surface area (Å²) in [5, 5.41) is 9.64. The Balaban J connectivity index is 1.58. The van der Waals surface area contributed by atoms with Crippen molar-refractivity contribution >= 4 is 35.2 Å². The molecule has 1 heterocycles. The van der Waals surface area contributed by atoms with Crippen LogP contribution in [0.1, 0.15) is 26.3 Å². The van der Waals surface area contributed by atoms with Crippen LogP contribution in [-0.2, 0) is 16.1 Å². The average molecular weight is 509 g/mol. The van der Waals surface area contributed by atoms with Crippen LogP contribution in [0.15, 0.2) is 47.4 Å². The highest BCUT2D eigenvalue weighted by Crippen LogP contribution is 2.33. The number of carboxylic acid groups (broad SMARTS) is 1. The van der Waals surface area contributed by atoms with E-state index in [1.807, 2.05) is 11.8 Å². The number of amides is 1. The zero-order valence-electron chi connectivity index (χ0n) is 19.5. The average Bonchev–Trinajstić information content (AvgIpc) is 2.80. The maximum atomic E-state index is 13.2. The largest absolute Gasteiger partial charge is 0.483 e. The smallest absolute Gasteiger partial charge is 0.307 e. The molecule has 9 heteroatoms. The Bertz CT molecular complexity index is 1010. The molecule has 0 saturated carbocycles. The van der Waals surface area contributed by atoms with Crippen LogP contribution in [0.3, 0.4) is 0 Å². The normalized spacial score (nSPS) is 19.6. The summed E-state index contributed by atoms with van der Waals surface area (Å²) < 4.78 is 19.0. The number of piperazine rings is 1. The van der Waals surface area contributed by atoms with Crippen molar-refractivity contribution in [1.29, 1.82) is 0 Å². The van der Waals surface area contributed by atoms with Crippen LogP contribution in [0.5, 0.6) is 5.75 Å². The molecule has 1 aliphatic heterocycles. The quantitative estimate of drug-likeness (QED) is 0.491. The van der Waals surface area contributed by atoms with Crippen LogP contribution >= 0.6 is 23.4 Å². The minimum Gasteiger partial charge on any atom is -0.483 e. The maximum absolute atomic E-state index is 13.2. The highest BCUT2D eigenvalue weighted by molar-refractivity contribution is 7.99.